The summed E-state index contributed by atoms with van der Waals surface area (Å²) in [6.07, 6.45) is 5.36. The molecule has 0 radical (unpaired) electrons. The van der Waals surface area contributed by atoms with Crippen molar-refractivity contribution in [2.75, 3.05) is 12.3 Å². The van der Waals surface area contributed by atoms with Crippen LogP contribution in [0.15, 0.2) is 0 Å². The van der Waals surface area contributed by atoms with Gasteiger partial charge in [-0.15, -0.1) is 0 Å². The molecule has 0 atom stereocenters. The number of rotatable bonds is 5. The van der Waals surface area contributed by atoms with Crippen molar-refractivity contribution in [3.05, 3.63) is 0 Å². The smallest absolute Gasteiger partial charge is 0.0292 e. The van der Waals surface area contributed by atoms with Crippen LogP contribution in [-0.2, 0) is 0 Å². The molecule has 0 aromatic carbocycles. The van der Waals surface area contributed by atoms with Crippen molar-refractivity contribution in [2.24, 2.45) is 11.1 Å². The van der Waals surface area contributed by atoms with Gasteiger partial charge in [0.2, 0.25) is 0 Å². The zero-order valence-electron chi connectivity index (χ0n) is 9.23. The third kappa shape index (κ3) is 2.04. The maximum atomic E-state index is 5.86. The van der Waals surface area contributed by atoms with Gasteiger partial charge in [-0.3, -0.25) is 0 Å². The molecule has 13 heavy (non-hydrogen) atoms. The number of hydrogen-bond donors (Lipinski definition) is 1. The Bertz CT molecular complexity index is 155. The zero-order chi connectivity index (χ0) is 9.95. The molecule has 0 heterocycles. The third-order valence-electron chi connectivity index (χ3n) is 3.72. The summed E-state index contributed by atoms with van der Waals surface area (Å²) in [6.45, 7) is 7.74. The standard InChI is InChI=1S/C11H23NS/c1-4-10(5-2)7-11(8-10,9-12)13-6-3/h4-9,12H2,1-3H3. The van der Waals surface area contributed by atoms with Gasteiger partial charge in [-0.2, -0.15) is 11.8 Å². The van der Waals surface area contributed by atoms with E-state index in [0.29, 0.717) is 10.2 Å². The number of nitrogens with two attached hydrogens (primary N) is 1. The summed E-state index contributed by atoms with van der Waals surface area (Å²) in [4.78, 5) is 0. The lowest BCUT2D eigenvalue weighted by molar-refractivity contribution is 0.0750. The summed E-state index contributed by atoms with van der Waals surface area (Å²) in [5, 5.41) is 0. The van der Waals surface area contributed by atoms with Crippen LogP contribution < -0.4 is 5.73 Å². The Balaban J connectivity index is 2.51. The van der Waals surface area contributed by atoms with Crippen LogP contribution in [0.25, 0.3) is 0 Å². The van der Waals surface area contributed by atoms with Crippen LogP contribution in [0.2, 0.25) is 0 Å². The van der Waals surface area contributed by atoms with Gasteiger partial charge in [-0.1, -0.05) is 33.6 Å². The number of thioether (sulfide) groups is 1. The Morgan fingerprint density at radius 2 is 1.69 bits per heavy atom. The molecule has 1 rings (SSSR count). The lowest BCUT2D eigenvalue weighted by Crippen LogP contribution is -2.53. The van der Waals surface area contributed by atoms with Gasteiger partial charge in [-0.05, 0) is 24.0 Å². The molecule has 1 nitrogen and oxygen atoms in total. The van der Waals surface area contributed by atoms with Gasteiger partial charge in [0.25, 0.3) is 0 Å². The molecular formula is C11H23NS. The first-order valence-electron chi connectivity index (χ1n) is 5.50. The van der Waals surface area contributed by atoms with Crippen molar-refractivity contribution in [1.82, 2.24) is 0 Å². The minimum Gasteiger partial charge on any atom is -0.329 e. The first-order valence-corrected chi connectivity index (χ1v) is 6.48. The van der Waals surface area contributed by atoms with Crippen molar-refractivity contribution in [2.45, 2.75) is 51.2 Å². The van der Waals surface area contributed by atoms with Crippen LogP contribution in [0.3, 0.4) is 0 Å². The van der Waals surface area contributed by atoms with Crippen LogP contribution in [0.4, 0.5) is 0 Å². The molecule has 2 heteroatoms. The first kappa shape index (κ1) is 11.4. The van der Waals surface area contributed by atoms with E-state index < -0.39 is 0 Å². The second-order valence-electron chi connectivity index (χ2n) is 4.38. The van der Waals surface area contributed by atoms with Crippen LogP contribution in [-0.4, -0.2) is 17.0 Å². The molecule has 0 aliphatic heterocycles. The molecule has 0 unspecified atom stereocenters. The molecule has 1 aliphatic rings. The van der Waals surface area contributed by atoms with Gasteiger partial charge in [0.1, 0.15) is 0 Å². The highest BCUT2D eigenvalue weighted by Crippen LogP contribution is 2.58. The summed E-state index contributed by atoms with van der Waals surface area (Å²) >= 11 is 2.07. The third-order valence-corrected chi connectivity index (χ3v) is 5.07. The van der Waals surface area contributed by atoms with Crippen LogP contribution in [0.1, 0.15) is 46.5 Å². The molecule has 0 aromatic heterocycles. The summed E-state index contributed by atoms with van der Waals surface area (Å²) in [7, 11) is 0. The predicted molar refractivity (Wildman–Crippen MR) is 62.2 cm³/mol. The quantitative estimate of drug-likeness (QED) is 0.740. The van der Waals surface area contributed by atoms with E-state index in [4.69, 9.17) is 5.73 Å². The molecule has 1 saturated carbocycles. The largest absolute Gasteiger partial charge is 0.329 e. The molecule has 0 amide bonds. The predicted octanol–water partition coefficient (Wildman–Crippen LogP) is 3.04. The van der Waals surface area contributed by atoms with E-state index in [2.05, 4.69) is 32.5 Å². The molecule has 0 bridgehead atoms. The minimum atomic E-state index is 0.445. The Kier molecular flexibility index (Phi) is 3.70. The first-order chi connectivity index (χ1) is 6.16. The SMILES string of the molecule is CCSC1(CN)CC(CC)(CC)C1. The van der Waals surface area contributed by atoms with E-state index in [1.54, 1.807) is 0 Å². The highest BCUT2D eigenvalue weighted by molar-refractivity contribution is 8.00. The van der Waals surface area contributed by atoms with E-state index >= 15 is 0 Å². The molecule has 0 spiro atoms. The fourth-order valence-electron chi connectivity index (χ4n) is 2.68. The van der Waals surface area contributed by atoms with Crippen molar-refractivity contribution in [1.29, 1.82) is 0 Å². The summed E-state index contributed by atoms with van der Waals surface area (Å²) < 4.78 is 0.445. The molecular weight excluding hydrogens is 178 g/mol. The number of hydrogen-bond acceptors (Lipinski definition) is 2. The van der Waals surface area contributed by atoms with E-state index in [1.165, 1.54) is 31.4 Å². The topological polar surface area (TPSA) is 26.0 Å². The second-order valence-corrected chi connectivity index (χ2v) is 6.11. The van der Waals surface area contributed by atoms with E-state index in [-0.39, 0.29) is 0 Å². The van der Waals surface area contributed by atoms with Crippen LogP contribution in [0, 0.1) is 5.41 Å². The lowest BCUT2D eigenvalue weighted by Gasteiger charge is -2.55. The Hall–Kier alpha value is 0.310. The highest BCUT2D eigenvalue weighted by Gasteiger charge is 2.51. The second kappa shape index (κ2) is 4.22. The molecule has 2 N–H and O–H groups in total. The monoisotopic (exact) mass is 201 g/mol. The van der Waals surface area contributed by atoms with Gasteiger partial charge in [0.15, 0.2) is 0 Å². The average Bonchev–Trinajstić information content (AvgIpc) is 2.11. The van der Waals surface area contributed by atoms with Crippen molar-refractivity contribution < 1.29 is 0 Å². The Morgan fingerprint density at radius 3 is 2.00 bits per heavy atom. The van der Waals surface area contributed by atoms with Crippen molar-refractivity contribution in [3.63, 3.8) is 0 Å². The van der Waals surface area contributed by atoms with E-state index in [9.17, 15) is 0 Å². The maximum absolute atomic E-state index is 5.86. The fourth-order valence-corrected chi connectivity index (χ4v) is 4.22. The van der Waals surface area contributed by atoms with Crippen molar-refractivity contribution in [3.8, 4) is 0 Å². The van der Waals surface area contributed by atoms with E-state index in [0.717, 1.165) is 6.54 Å². The summed E-state index contributed by atoms with van der Waals surface area (Å²) in [5.41, 5.74) is 6.50. The summed E-state index contributed by atoms with van der Waals surface area (Å²) in [5.74, 6) is 1.21. The van der Waals surface area contributed by atoms with E-state index in [1.807, 2.05) is 0 Å². The van der Waals surface area contributed by atoms with Crippen LogP contribution in [0.5, 0.6) is 0 Å². The Labute approximate surface area is 86.8 Å². The molecule has 0 saturated heterocycles. The molecule has 78 valence electrons. The minimum absolute atomic E-state index is 0.445. The molecule has 1 aliphatic carbocycles. The van der Waals surface area contributed by atoms with Crippen LogP contribution >= 0.6 is 11.8 Å². The zero-order valence-corrected chi connectivity index (χ0v) is 10.0. The summed E-state index contributed by atoms with van der Waals surface area (Å²) in [6, 6.07) is 0. The normalized spacial score (nSPS) is 24.0. The van der Waals surface area contributed by atoms with Gasteiger partial charge in [-0.25, -0.2) is 0 Å². The molecule has 1 fully saturated rings. The van der Waals surface area contributed by atoms with Gasteiger partial charge in [0.05, 0.1) is 0 Å². The fraction of sp³-hybridized carbons (Fsp3) is 1.00. The lowest BCUT2D eigenvalue weighted by atomic mass is 9.58. The van der Waals surface area contributed by atoms with Gasteiger partial charge < -0.3 is 5.73 Å². The van der Waals surface area contributed by atoms with Gasteiger partial charge >= 0.3 is 0 Å². The van der Waals surface area contributed by atoms with Gasteiger partial charge in [0, 0.05) is 11.3 Å². The maximum Gasteiger partial charge on any atom is 0.0292 e. The highest BCUT2D eigenvalue weighted by atomic mass is 32.2. The average molecular weight is 201 g/mol. The molecule has 0 aromatic rings. The van der Waals surface area contributed by atoms with Crippen molar-refractivity contribution >= 4 is 11.8 Å². The Morgan fingerprint density at radius 1 is 1.15 bits per heavy atom.